The zero-order valence-corrected chi connectivity index (χ0v) is 16.0. The Balaban J connectivity index is 1.57. The van der Waals surface area contributed by atoms with Crippen molar-refractivity contribution >= 4 is 39.8 Å². The number of ether oxygens (including phenoxy) is 1. The van der Waals surface area contributed by atoms with Gasteiger partial charge >= 0.3 is 0 Å². The molecule has 0 aliphatic carbocycles. The van der Waals surface area contributed by atoms with Crippen molar-refractivity contribution in [1.29, 1.82) is 0 Å². The molecule has 0 spiro atoms. The van der Waals surface area contributed by atoms with Crippen molar-refractivity contribution in [1.82, 2.24) is 4.57 Å². The minimum Gasteiger partial charge on any atom is -0.378 e. The number of para-hydroxylation sites is 1. The van der Waals surface area contributed by atoms with E-state index < -0.39 is 0 Å². The van der Waals surface area contributed by atoms with Gasteiger partial charge in [-0.05, 0) is 42.6 Å². The summed E-state index contributed by atoms with van der Waals surface area (Å²) in [4.78, 5) is 15.0. The molecule has 1 N–H and O–H groups in total. The van der Waals surface area contributed by atoms with Crippen LogP contribution in [-0.2, 0) is 16.1 Å². The van der Waals surface area contributed by atoms with Crippen molar-refractivity contribution < 1.29 is 9.53 Å². The van der Waals surface area contributed by atoms with E-state index in [-0.39, 0.29) is 12.5 Å². The molecule has 4 rings (SSSR count). The van der Waals surface area contributed by atoms with Crippen LogP contribution < -0.4 is 10.2 Å². The zero-order chi connectivity index (χ0) is 18.8. The SMILES string of the molecule is Cc1cc2ccccc2n1CC(=O)Nc1cc(Cl)ccc1N1CCOCC1. The molecular formula is C21H22ClN3O2. The second-order valence-corrected chi connectivity index (χ2v) is 7.18. The molecule has 2 heterocycles. The van der Waals surface area contributed by atoms with Crippen LogP contribution in [0.25, 0.3) is 10.9 Å². The second-order valence-electron chi connectivity index (χ2n) is 6.74. The molecule has 3 aromatic rings. The summed E-state index contributed by atoms with van der Waals surface area (Å²) in [6.07, 6.45) is 0. The lowest BCUT2D eigenvalue weighted by Crippen LogP contribution is -2.36. The molecule has 0 radical (unpaired) electrons. The minimum atomic E-state index is -0.0729. The van der Waals surface area contributed by atoms with E-state index in [0.29, 0.717) is 18.2 Å². The van der Waals surface area contributed by atoms with E-state index in [1.165, 1.54) is 0 Å². The average molecular weight is 384 g/mol. The quantitative estimate of drug-likeness (QED) is 0.738. The number of amides is 1. The van der Waals surface area contributed by atoms with Gasteiger partial charge in [0.05, 0.1) is 24.6 Å². The first-order valence-electron chi connectivity index (χ1n) is 9.09. The lowest BCUT2D eigenvalue weighted by atomic mass is 10.2. The predicted molar refractivity (Wildman–Crippen MR) is 110 cm³/mol. The topological polar surface area (TPSA) is 46.5 Å². The summed E-state index contributed by atoms with van der Waals surface area (Å²) in [5.41, 5.74) is 3.84. The monoisotopic (exact) mass is 383 g/mol. The molecule has 1 amide bonds. The van der Waals surface area contributed by atoms with E-state index in [9.17, 15) is 4.79 Å². The van der Waals surface area contributed by atoms with E-state index in [1.54, 1.807) is 0 Å². The number of aryl methyl sites for hydroxylation is 1. The van der Waals surface area contributed by atoms with E-state index in [1.807, 2.05) is 47.9 Å². The van der Waals surface area contributed by atoms with Crippen LogP contribution in [0.5, 0.6) is 0 Å². The van der Waals surface area contributed by atoms with Gasteiger partial charge in [0, 0.05) is 29.3 Å². The van der Waals surface area contributed by atoms with Gasteiger partial charge in [-0.3, -0.25) is 4.79 Å². The summed E-state index contributed by atoms with van der Waals surface area (Å²) in [6.45, 7) is 5.24. The molecule has 0 unspecified atom stereocenters. The maximum atomic E-state index is 12.8. The van der Waals surface area contributed by atoms with E-state index in [0.717, 1.165) is 41.1 Å². The second kappa shape index (κ2) is 7.62. The molecule has 1 aromatic heterocycles. The first-order valence-corrected chi connectivity index (χ1v) is 9.46. The highest BCUT2D eigenvalue weighted by atomic mass is 35.5. The number of hydrogen-bond donors (Lipinski definition) is 1. The molecule has 5 nitrogen and oxygen atoms in total. The Labute approximate surface area is 163 Å². The molecule has 6 heteroatoms. The van der Waals surface area contributed by atoms with Crippen molar-refractivity contribution in [2.24, 2.45) is 0 Å². The molecule has 0 bridgehead atoms. The minimum absolute atomic E-state index is 0.0729. The Bertz CT molecular complexity index is 977. The Hall–Kier alpha value is -2.50. The molecular weight excluding hydrogens is 362 g/mol. The van der Waals surface area contributed by atoms with Gasteiger partial charge in [0.25, 0.3) is 0 Å². The molecule has 1 aliphatic rings. The average Bonchev–Trinajstić information content (AvgIpc) is 2.98. The van der Waals surface area contributed by atoms with Gasteiger partial charge in [-0.2, -0.15) is 0 Å². The molecule has 2 aromatic carbocycles. The van der Waals surface area contributed by atoms with Gasteiger partial charge in [-0.1, -0.05) is 29.8 Å². The predicted octanol–water partition coefficient (Wildman–Crippen LogP) is 4.08. The maximum absolute atomic E-state index is 12.8. The lowest BCUT2D eigenvalue weighted by molar-refractivity contribution is -0.116. The van der Waals surface area contributed by atoms with Crippen LogP contribution in [0.3, 0.4) is 0 Å². The fourth-order valence-corrected chi connectivity index (χ4v) is 3.75. The van der Waals surface area contributed by atoms with Gasteiger partial charge in [0.2, 0.25) is 5.91 Å². The third-order valence-corrected chi connectivity index (χ3v) is 5.14. The number of anilines is 2. The molecule has 1 aliphatic heterocycles. The van der Waals surface area contributed by atoms with Crippen molar-refractivity contribution in [3.63, 3.8) is 0 Å². The van der Waals surface area contributed by atoms with Crippen LogP contribution in [0.15, 0.2) is 48.5 Å². The summed E-state index contributed by atoms with van der Waals surface area (Å²) in [7, 11) is 0. The standard InChI is InChI=1S/C21H22ClN3O2/c1-15-12-16-4-2-3-5-19(16)25(15)14-21(26)23-18-13-17(22)6-7-20(18)24-8-10-27-11-9-24/h2-7,12-13H,8-11,14H2,1H3,(H,23,26). The van der Waals surface area contributed by atoms with Crippen molar-refractivity contribution in [3.05, 3.63) is 59.2 Å². The third-order valence-electron chi connectivity index (χ3n) is 4.90. The van der Waals surface area contributed by atoms with Crippen LogP contribution in [0.2, 0.25) is 5.02 Å². The van der Waals surface area contributed by atoms with E-state index >= 15 is 0 Å². The lowest BCUT2D eigenvalue weighted by Gasteiger charge is -2.30. The molecule has 140 valence electrons. The van der Waals surface area contributed by atoms with Gasteiger partial charge < -0.3 is 19.5 Å². The summed E-state index contributed by atoms with van der Waals surface area (Å²) in [5, 5.41) is 4.79. The highest BCUT2D eigenvalue weighted by Crippen LogP contribution is 2.30. The summed E-state index contributed by atoms with van der Waals surface area (Å²) < 4.78 is 7.46. The molecule has 0 atom stereocenters. The Morgan fingerprint density at radius 1 is 1.15 bits per heavy atom. The molecule has 1 fully saturated rings. The third kappa shape index (κ3) is 3.80. The van der Waals surface area contributed by atoms with Gasteiger partial charge in [-0.25, -0.2) is 0 Å². The maximum Gasteiger partial charge on any atom is 0.244 e. The summed E-state index contributed by atoms with van der Waals surface area (Å²) >= 11 is 6.19. The smallest absolute Gasteiger partial charge is 0.244 e. The Morgan fingerprint density at radius 3 is 2.74 bits per heavy atom. The molecule has 27 heavy (non-hydrogen) atoms. The van der Waals surface area contributed by atoms with Crippen molar-refractivity contribution in [2.45, 2.75) is 13.5 Å². The van der Waals surface area contributed by atoms with Gasteiger partial charge in [0.15, 0.2) is 0 Å². The van der Waals surface area contributed by atoms with Crippen LogP contribution in [0.4, 0.5) is 11.4 Å². The zero-order valence-electron chi connectivity index (χ0n) is 15.2. The van der Waals surface area contributed by atoms with Gasteiger partial charge in [-0.15, -0.1) is 0 Å². The number of benzene rings is 2. The van der Waals surface area contributed by atoms with Crippen molar-refractivity contribution in [2.75, 3.05) is 36.5 Å². The highest BCUT2D eigenvalue weighted by Gasteiger charge is 2.17. The van der Waals surface area contributed by atoms with E-state index in [2.05, 4.69) is 22.3 Å². The summed E-state index contributed by atoms with van der Waals surface area (Å²) in [6, 6.07) is 15.8. The summed E-state index contributed by atoms with van der Waals surface area (Å²) in [5.74, 6) is -0.0729. The highest BCUT2D eigenvalue weighted by molar-refractivity contribution is 6.31. The number of morpholine rings is 1. The number of nitrogens with one attached hydrogen (secondary N) is 1. The van der Waals surface area contributed by atoms with Crippen LogP contribution in [0.1, 0.15) is 5.69 Å². The van der Waals surface area contributed by atoms with Crippen LogP contribution >= 0.6 is 11.6 Å². The molecule has 1 saturated heterocycles. The number of fused-ring (bicyclic) bond motifs is 1. The number of carbonyl (C=O) groups is 1. The number of carbonyl (C=O) groups excluding carboxylic acids is 1. The van der Waals surface area contributed by atoms with E-state index in [4.69, 9.17) is 16.3 Å². The van der Waals surface area contributed by atoms with Crippen molar-refractivity contribution in [3.8, 4) is 0 Å². The fraction of sp³-hybridized carbons (Fsp3) is 0.286. The first kappa shape index (κ1) is 17.9. The Kier molecular flexibility index (Phi) is 5.05. The Morgan fingerprint density at radius 2 is 1.93 bits per heavy atom. The normalized spacial score (nSPS) is 14.5. The first-order chi connectivity index (χ1) is 13.1. The number of halogens is 1. The molecule has 0 saturated carbocycles. The number of aromatic nitrogens is 1. The van der Waals surface area contributed by atoms with Crippen LogP contribution in [0, 0.1) is 6.92 Å². The largest absolute Gasteiger partial charge is 0.378 e. The number of nitrogens with zero attached hydrogens (tertiary/aromatic N) is 2. The van der Waals surface area contributed by atoms with Gasteiger partial charge in [0.1, 0.15) is 6.54 Å². The fourth-order valence-electron chi connectivity index (χ4n) is 3.58. The number of hydrogen-bond acceptors (Lipinski definition) is 3. The number of rotatable bonds is 4. The van der Waals surface area contributed by atoms with Crippen LogP contribution in [-0.4, -0.2) is 36.8 Å².